The zero-order chi connectivity index (χ0) is 9.56. The lowest BCUT2D eigenvalue weighted by molar-refractivity contribution is 0.383. The summed E-state index contributed by atoms with van der Waals surface area (Å²) >= 11 is 0. The van der Waals surface area contributed by atoms with Crippen LogP contribution in [-0.2, 0) is 0 Å². The van der Waals surface area contributed by atoms with Gasteiger partial charge in [0.25, 0.3) is 0 Å². The van der Waals surface area contributed by atoms with Gasteiger partial charge in [-0.1, -0.05) is 18.7 Å². The molecule has 3 nitrogen and oxygen atoms in total. The summed E-state index contributed by atoms with van der Waals surface area (Å²) in [5.74, 6) is 0. The van der Waals surface area contributed by atoms with E-state index < -0.39 is 0 Å². The molecule has 0 fully saturated rings. The van der Waals surface area contributed by atoms with Crippen molar-refractivity contribution < 1.29 is 0 Å². The molecule has 0 aliphatic carbocycles. The van der Waals surface area contributed by atoms with Crippen molar-refractivity contribution in [2.75, 3.05) is 6.54 Å². The van der Waals surface area contributed by atoms with Gasteiger partial charge in [-0.2, -0.15) is 5.10 Å². The fourth-order valence-corrected chi connectivity index (χ4v) is 0.674. The lowest BCUT2D eigenvalue weighted by Gasteiger charge is -2.18. The number of nitrogens with zero attached hydrogens (tertiary/aromatic N) is 2. The molecule has 0 aromatic carbocycles. The van der Waals surface area contributed by atoms with Gasteiger partial charge in [0.15, 0.2) is 0 Å². The van der Waals surface area contributed by atoms with Gasteiger partial charge in [-0.3, -0.25) is 5.01 Å². The van der Waals surface area contributed by atoms with Gasteiger partial charge >= 0.3 is 0 Å². The molecule has 0 aromatic rings. The maximum absolute atomic E-state index is 5.76. The summed E-state index contributed by atoms with van der Waals surface area (Å²) in [7, 11) is 0. The van der Waals surface area contributed by atoms with Crippen molar-refractivity contribution in [3.05, 3.63) is 24.9 Å². The van der Waals surface area contributed by atoms with Gasteiger partial charge in [-0.05, 0) is 13.8 Å². The molecule has 0 amide bonds. The van der Waals surface area contributed by atoms with Gasteiger partial charge in [-0.25, -0.2) is 0 Å². The van der Waals surface area contributed by atoms with Crippen LogP contribution in [0.4, 0.5) is 0 Å². The highest BCUT2D eigenvalue weighted by Crippen LogP contribution is 1.99. The third kappa shape index (κ3) is 3.93. The van der Waals surface area contributed by atoms with Crippen LogP contribution in [0.2, 0.25) is 0 Å². The molecular formula is C9H17N3. The Kier molecular flexibility index (Phi) is 5.04. The first-order valence-electron chi connectivity index (χ1n) is 3.90. The predicted molar refractivity (Wildman–Crippen MR) is 53.9 cm³/mol. The van der Waals surface area contributed by atoms with Crippen LogP contribution in [-0.4, -0.2) is 23.8 Å². The van der Waals surface area contributed by atoms with Gasteiger partial charge in [0.05, 0.1) is 6.54 Å². The summed E-state index contributed by atoms with van der Waals surface area (Å²) in [5.41, 5.74) is 6.71. The van der Waals surface area contributed by atoms with Crippen molar-refractivity contribution in [1.29, 1.82) is 0 Å². The molecule has 12 heavy (non-hydrogen) atoms. The van der Waals surface area contributed by atoms with E-state index in [4.69, 9.17) is 5.73 Å². The second kappa shape index (κ2) is 5.55. The largest absolute Gasteiger partial charge is 0.323 e. The Bertz CT molecular complexity index is 184. The van der Waals surface area contributed by atoms with Gasteiger partial charge in [0.2, 0.25) is 0 Å². The summed E-state index contributed by atoms with van der Waals surface area (Å²) < 4.78 is 0. The van der Waals surface area contributed by atoms with Crippen LogP contribution >= 0.6 is 0 Å². The Balaban J connectivity index is 4.01. The van der Waals surface area contributed by atoms with Gasteiger partial charge < -0.3 is 5.73 Å². The van der Waals surface area contributed by atoms with E-state index in [0.29, 0.717) is 6.54 Å². The highest BCUT2D eigenvalue weighted by atomic mass is 15.4. The Morgan fingerprint density at radius 2 is 2.33 bits per heavy atom. The number of hydrazone groups is 1. The maximum atomic E-state index is 5.76. The predicted octanol–water partition coefficient (Wildman–Crippen LogP) is 1.34. The SMILES string of the molecule is C=CN(CC(N)C(=C)C)/N=C\C. The number of nitrogens with two attached hydrogens (primary N) is 1. The highest BCUT2D eigenvalue weighted by molar-refractivity contribution is 5.52. The van der Waals surface area contributed by atoms with E-state index in [1.54, 1.807) is 17.4 Å². The fraction of sp³-hybridized carbons (Fsp3) is 0.444. The van der Waals surface area contributed by atoms with E-state index >= 15 is 0 Å². The van der Waals surface area contributed by atoms with Crippen LogP contribution in [0.5, 0.6) is 0 Å². The van der Waals surface area contributed by atoms with Gasteiger partial charge in [0.1, 0.15) is 0 Å². The topological polar surface area (TPSA) is 41.6 Å². The van der Waals surface area contributed by atoms with Crippen LogP contribution in [0.25, 0.3) is 0 Å². The van der Waals surface area contributed by atoms with Crippen LogP contribution in [0, 0.1) is 0 Å². The summed E-state index contributed by atoms with van der Waals surface area (Å²) in [6.45, 7) is 11.8. The highest BCUT2D eigenvalue weighted by Gasteiger charge is 2.05. The molecule has 0 saturated heterocycles. The Labute approximate surface area is 74.2 Å². The molecule has 0 spiro atoms. The van der Waals surface area contributed by atoms with E-state index in [9.17, 15) is 0 Å². The normalized spacial score (nSPS) is 12.9. The smallest absolute Gasteiger partial charge is 0.0598 e. The molecule has 2 N–H and O–H groups in total. The minimum Gasteiger partial charge on any atom is -0.323 e. The Morgan fingerprint density at radius 1 is 1.75 bits per heavy atom. The summed E-state index contributed by atoms with van der Waals surface area (Å²) in [5, 5.41) is 5.73. The van der Waals surface area contributed by atoms with Crippen LogP contribution < -0.4 is 5.73 Å². The summed E-state index contributed by atoms with van der Waals surface area (Å²) in [4.78, 5) is 0. The average molecular weight is 167 g/mol. The van der Waals surface area contributed by atoms with E-state index in [2.05, 4.69) is 18.3 Å². The molecule has 0 bridgehead atoms. The van der Waals surface area contributed by atoms with Crippen LogP contribution in [0.15, 0.2) is 30.0 Å². The van der Waals surface area contributed by atoms with E-state index in [1.165, 1.54) is 0 Å². The van der Waals surface area contributed by atoms with Crippen molar-refractivity contribution in [2.24, 2.45) is 10.8 Å². The third-order valence-electron chi connectivity index (χ3n) is 1.49. The summed E-state index contributed by atoms with van der Waals surface area (Å²) in [6, 6.07) is -0.0494. The molecule has 3 heteroatoms. The second-order valence-corrected chi connectivity index (χ2v) is 2.63. The number of hydrogen-bond donors (Lipinski definition) is 1. The molecule has 0 radical (unpaired) electrons. The lowest BCUT2D eigenvalue weighted by Crippen LogP contribution is -2.32. The van der Waals surface area contributed by atoms with Crippen molar-refractivity contribution in [3.8, 4) is 0 Å². The zero-order valence-electron chi connectivity index (χ0n) is 7.83. The molecule has 1 unspecified atom stereocenters. The number of rotatable bonds is 5. The zero-order valence-corrected chi connectivity index (χ0v) is 7.83. The van der Waals surface area contributed by atoms with Crippen LogP contribution in [0.1, 0.15) is 13.8 Å². The average Bonchev–Trinajstić information content (AvgIpc) is 2.03. The maximum Gasteiger partial charge on any atom is 0.0598 e. The minimum atomic E-state index is -0.0494. The van der Waals surface area contributed by atoms with Gasteiger partial charge in [-0.15, -0.1) is 0 Å². The molecule has 0 aromatic heterocycles. The Morgan fingerprint density at radius 3 is 2.67 bits per heavy atom. The molecular weight excluding hydrogens is 150 g/mol. The van der Waals surface area contributed by atoms with Gasteiger partial charge in [0, 0.05) is 18.5 Å². The van der Waals surface area contributed by atoms with Crippen molar-refractivity contribution in [3.63, 3.8) is 0 Å². The number of hydrogen-bond acceptors (Lipinski definition) is 3. The van der Waals surface area contributed by atoms with Crippen molar-refractivity contribution >= 4 is 6.21 Å². The standard InChI is InChI=1S/C9H17N3/c1-5-11-12(6-2)7-9(10)8(3)4/h5-6,9H,2-3,7,10H2,1,4H3/b11-5-. The quantitative estimate of drug-likeness (QED) is 0.381. The first kappa shape index (κ1) is 10.9. The van der Waals surface area contributed by atoms with E-state index in [0.717, 1.165) is 5.57 Å². The molecule has 0 rings (SSSR count). The Hall–Kier alpha value is -1.09. The minimum absolute atomic E-state index is 0.0494. The monoisotopic (exact) mass is 167 g/mol. The first-order chi connectivity index (χ1) is 5.61. The molecule has 0 aliphatic heterocycles. The molecule has 0 heterocycles. The summed E-state index contributed by atoms with van der Waals surface area (Å²) in [6.07, 6.45) is 3.34. The van der Waals surface area contributed by atoms with Crippen LogP contribution in [0.3, 0.4) is 0 Å². The second-order valence-electron chi connectivity index (χ2n) is 2.63. The molecule has 1 atom stereocenters. The molecule has 0 aliphatic rings. The van der Waals surface area contributed by atoms with E-state index in [1.807, 2.05) is 13.8 Å². The third-order valence-corrected chi connectivity index (χ3v) is 1.49. The fourth-order valence-electron chi connectivity index (χ4n) is 0.674. The van der Waals surface area contributed by atoms with Crippen molar-refractivity contribution in [1.82, 2.24) is 5.01 Å². The lowest BCUT2D eigenvalue weighted by atomic mass is 10.1. The first-order valence-corrected chi connectivity index (χ1v) is 3.90. The molecule has 68 valence electrons. The molecule has 0 saturated carbocycles. The van der Waals surface area contributed by atoms with Crippen molar-refractivity contribution in [2.45, 2.75) is 19.9 Å². The van der Waals surface area contributed by atoms with E-state index in [-0.39, 0.29) is 6.04 Å².